The first-order valence-corrected chi connectivity index (χ1v) is 12.0. The van der Waals surface area contributed by atoms with E-state index in [1.165, 1.54) is 0 Å². The first-order valence-electron chi connectivity index (χ1n) is 11.2. The molecule has 0 radical (unpaired) electrons. The fourth-order valence-electron chi connectivity index (χ4n) is 3.69. The summed E-state index contributed by atoms with van der Waals surface area (Å²) in [7, 11) is 0. The normalized spacial score (nSPS) is 15.7. The second kappa shape index (κ2) is 11.5. The van der Waals surface area contributed by atoms with E-state index >= 15 is 0 Å². The minimum Gasteiger partial charge on any atom is -0.459 e. The third-order valence-electron chi connectivity index (χ3n) is 5.29. The van der Waals surface area contributed by atoms with Crippen molar-refractivity contribution in [1.82, 2.24) is 10.2 Å². The van der Waals surface area contributed by atoms with Gasteiger partial charge in [-0.2, -0.15) is 0 Å². The van der Waals surface area contributed by atoms with E-state index in [0.717, 1.165) is 6.42 Å². The van der Waals surface area contributed by atoms with Gasteiger partial charge in [-0.25, -0.2) is 14.4 Å². The van der Waals surface area contributed by atoms with Crippen LogP contribution in [0.1, 0.15) is 45.7 Å². The van der Waals surface area contributed by atoms with Crippen LogP contribution in [0.25, 0.3) is 0 Å². The zero-order valence-electron chi connectivity index (χ0n) is 19.9. The molecular weight excluding hydrogens is 491 g/mol. The lowest BCUT2D eigenvalue weighted by Crippen LogP contribution is -2.48. The van der Waals surface area contributed by atoms with E-state index in [1.807, 2.05) is 6.92 Å². The number of halogens is 2. The van der Waals surface area contributed by atoms with Crippen molar-refractivity contribution in [3.8, 4) is 0 Å². The molecule has 1 aliphatic rings. The van der Waals surface area contributed by atoms with Crippen molar-refractivity contribution in [1.29, 1.82) is 0 Å². The number of hydrogen-bond donors (Lipinski definition) is 3. The molecule has 2 aromatic rings. The number of amides is 4. The number of carbonyl (C=O) groups is 3. The second-order valence-electron chi connectivity index (χ2n) is 8.32. The maximum Gasteiger partial charge on any atom is 0.338 e. The van der Waals surface area contributed by atoms with Crippen molar-refractivity contribution in [3.05, 3.63) is 69.3 Å². The van der Waals surface area contributed by atoms with Crippen molar-refractivity contribution >= 4 is 52.6 Å². The highest BCUT2D eigenvalue weighted by Crippen LogP contribution is 2.32. The number of esters is 1. The molecule has 0 aliphatic carbocycles. The van der Waals surface area contributed by atoms with E-state index in [-0.39, 0.29) is 12.1 Å². The molecule has 0 spiro atoms. The first kappa shape index (κ1) is 26.4. The standard InChI is InChI=1S/C25H28Cl2N4O4/c1-5-12-31-15(4)21(23(32)35-14(2)3)22(30-25(31)34)16-6-8-17(9-7-16)28-24(33)29-18-10-11-19(26)20(27)13-18/h6-11,13-14,22H,5,12H2,1-4H3,(H,30,34)(H2,28,29,33). The lowest BCUT2D eigenvalue weighted by molar-refractivity contribution is -0.143. The van der Waals surface area contributed by atoms with Gasteiger partial charge in [0.1, 0.15) is 0 Å². The Labute approximate surface area is 214 Å². The number of hydrogen-bond acceptors (Lipinski definition) is 4. The lowest BCUT2D eigenvalue weighted by atomic mass is 9.94. The van der Waals surface area contributed by atoms with Gasteiger partial charge >= 0.3 is 18.0 Å². The minimum atomic E-state index is -0.680. The van der Waals surface area contributed by atoms with Gasteiger partial charge < -0.3 is 20.7 Å². The average molecular weight is 519 g/mol. The van der Waals surface area contributed by atoms with Gasteiger partial charge in [0, 0.05) is 23.6 Å². The number of nitrogens with zero attached hydrogens (tertiary/aromatic N) is 1. The molecule has 3 rings (SSSR count). The fourth-order valence-corrected chi connectivity index (χ4v) is 3.99. The topological polar surface area (TPSA) is 99.8 Å². The molecule has 8 nitrogen and oxygen atoms in total. The summed E-state index contributed by atoms with van der Waals surface area (Å²) in [6.45, 7) is 7.75. The fraction of sp³-hybridized carbons (Fsp3) is 0.320. The first-order chi connectivity index (χ1) is 16.6. The molecule has 3 N–H and O–H groups in total. The monoisotopic (exact) mass is 518 g/mol. The van der Waals surface area contributed by atoms with Crippen molar-refractivity contribution in [2.45, 2.75) is 46.3 Å². The van der Waals surface area contributed by atoms with Crippen LogP contribution in [-0.4, -0.2) is 35.6 Å². The smallest absolute Gasteiger partial charge is 0.338 e. The maximum atomic E-state index is 12.9. The SMILES string of the molecule is CCCN1C(=O)NC(c2ccc(NC(=O)Nc3ccc(Cl)c(Cl)c3)cc2)C(C(=O)OC(C)C)=C1C. The molecule has 10 heteroatoms. The number of benzene rings is 2. The van der Waals surface area contributed by atoms with E-state index in [2.05, 4.69) is 16.0 Å². The summed E-state index contributed by atoms with van der Waals surface area (Å²) >= 11 is 11.9. The van der Waals surface area contributed by atoms with Gasteiger partial charge in [0.25, 0.3) is 0 Å². The van der Waals surface area contributed by atoms with Crippen molar-refractivity contribution in [3.63, 3.8) is 0 Å². The van der Waals surface area contributed by atoms with Gasteiger partial charge in [0.15, 0.2) is 0 Å². The molecule has 0 saturated heterocycles. The van der Waals surface area contributed by atoms with Crippen LogP contribution in [0.5, 0.6) is 0 Å². The third-order valence-corrected chi connectivity index (χ3v) is 6.02. The number of nitrogens with one attached hydrogen (secondary N) is 3. The van der Waals surface area contributed by atoms with Crippen LogP contribution in [0, 0.1) is 0 Å². The van der Waals surface area contributed by atoms with E-state index in [1.54, 1.807) is 68.1 Å². The van der Waals surface area contributed by atoms with E-state index < -0.39 is 18.0 Å². The van der Waals surface area contributed by atoms with Crippen LogP contribution in [0.2, 0.25) is 10.0 Å². The second-order valence-corrected chi connectivity index (χ2v) is 9.13. The zero-order valence-corrected chi connectivity index (χ0v) is 21.5. The maximum absolute atomic E-state index is 12.9. The minimum absolute atomic E-state index is 0.279. The molecule has 4 amide bonds. The Morgan fingerprint density at radius 3 is 2.29 bits per heavy atom. The third kappa shape index (κ3) is 6.46. The van der Waals surface area contributed by atoms with Crippen molar-refractivity contribution < 1.29 is 19.1 Å². The Bertz CT molecular complexity index is 1150. The molecule has 1 heterocycles. The van der Waals surface area contributed by atoms with Gasteiger partial charge in [0.05, 0.1) is 27.8 Å². The Kier molecular flexibility index (Phi) is 8.64. The zero-order chi connectivity index (χ0) is 25.7. The molecule has 0 aromatic heterocycles. The van der Waals surface area contributed by atoms with Crippen molar-refractivity contribution in [2.75, 3.05) is 17.2 Å². The van der Waals surface area contributed by atoms with Crippen LogP contribution in [-0.2, 0) is 9.53 Å². The molecule has 0 fully saturated rings. The predicted molar refractivity (Wildman–Crippen MR) is 138 cm³/mol. The summed E-state index contributed by atoms with van der Waals surface area (Å²) in [6, 6.07) is 10.2. The highest BCUT2D eigenvalue weighted by atomic mass is 35.5. The molecular formula is C25H28Cl2N4O4. The van der Waals surface area contributed by atoms with Gasteiger partial charge in [-0.15, -0.1) is 0 Å². The quantitative estimate of drug-likeness (QED) is 0.372. The summed E-state index contributed by atoms with van der Waals surface area (Å²) in [5.41, 5.74) is 2.64. The summed E-state index contributed by atoms with van der Waals surface area (Å²) in [4.78, 5) is 39.6. The summed E-state index contributed by atoms with van der Waals surface area (Å²) in [6.07, 6.45) is 0.438. The number of anilines is 2. The Morgan fingerprint density at radius 2 is 1.69 bits per heavy atom. The van der Waals surface area contributed by atoms with Gasteiger partial charge in [-0.05, 0) is 63.1 Å². The molecule has 1 aliphatic heterocycles. The predicted octanol–water partition coefficient (Wildman–Crippen LogP) is 6.34. The largest absolute Gasteiger partial charge is 0.459 e. The van der Waals surface area contributed by atoms with Crippen LogP contribution in [0.15, 0.2) is 53.7 Å². The van der Waals surface area contributed by atoms with Crippen LogP contribution in [0.3, 0.4) is 0 Å². The Balaban J connectivity index is 1.80. The Morgan fingerprint density at radius 1 is 1.06 bits per heavy atom. The Hall–Kier alpha value is -3.23. The van der Waals surface area contributed by atoms with E-state index in [9.17, 15) is 14.4 Å². The van der Waals surface area contributed by atoms with Gasteiger partial charge in [-0.3, -0.25) is 4.90 Å². The summed E-state index contributed by atoms with van der Waals surface area (Å²) < 4.78 is 5.46. The molecule has 1 unspecified atom stereocenters. The van der Waals surface area contributed by atoms with E-state index in [4.69, 9.17) is 27.9 Å². The highest BCUT2D eigenvalue weighted by Gasteiger charge is 2.36. The number of urea groups is 2. The molecule has 2 aromatic carbocycles. The number of rotatable bonds is 7. The number of ether oxygens (including phenoxy) is 1. The number of allylic oxidation sites excluding steroid dienone is 1. The molecule has 35 heavy (non-hydrogen) atoms. The van der Waals surface area contributed by atoms with Crippen LogP contribution < -0.4 is 16.0 Å². The summed E-state index contributed by atoms with van der Waals surface area (Å²) in [5.74, 6) is -0.480. The molecule has 186 valence electrons. The highest BCUT2D eigenvalue weighted by molar-refractivity contribution is 6.42. The van der Waals surface area contributed by atoms with E-state index in [0.29, 0.717) is 44.8 Å². The lowest BCUT2D eigenvalue weighted by Gasteiger charge is -2.35. The van der Waals surface area contributed by atoms with Crippen molar-refractivity contribution in [2.24, 2.45) is 0 Å². The number of carbonyl (C=O) groups excluding carboxylic acids is 3. The molecule has 0 saturated carbocycles. The van der Waals surface area contributed by atoms with Gasteiger partial charge in [-0.1, -0.05) is 42.3 Å². The molecule has 1 atom stereocenters. The average Bonchev–Trinajstić information content (AvgIpc) is 2.78. The van der Waals surface area contributed by atoms with Gasteiger partial charge in [0.2, 0.25) is 0 Å². The molecule has 0 bridgehead atoms. The summed E-state index contributed by atoms with van der Waals surface area (Å²) in [5, 5.41) is 9.04. The van der Waals surface area contributed by atoms with Crippen LogP contribution >= 0.6 is 23.2 Å². The van der Waals surface area contributed by atoms with Crippen LogP contribution in [0.4, 0.5) is 21.0 Å².